The zero-order chi connectivity index (χ0) is 26.2. The van der Waals surface area contributed by atoms with Gasteiger partial charge in [-0.15, -0.1) is 0 Å². The number of rotatable bonds is 8. The number of hydrogen-bond acceptors (Lipinski definition) is 5. The molecule has 3 N–H and O–H groups in total. The molecule has 0 radical (unpaired) electrons. The summed E-state index contributed by atoms with van der Waals surface area (Å²) in [6, 6.07) is 5.88. The third kappa shape index (κ3) is 4.69. The number of hydrogen-bond donors (Lipinski definition) is 3. The molecule has 1 aromatic heterocycles. The lowest BCUT2D eigenvalue weighted by Crippen LogP contribution is -2.53. The van der Waals surface area contributed by atoms with Gasteiger partial charge in [-0.05, 0) is 36.8 Å². The molecule has 1 heterocycles. The highest BCUT2D eigenvalue weighted by Crippen LogP contribution is 2.50. The zero-order valence-electron chi connectivity index (χ0n) is 18.5. The van der Waals surface area contributed by atoms with Crippen molar-refractivity contribution < 1.29 is 46.4 Å². The normalized spacial score (nSPS) is 13.2. The summed E-state index contributed by atoms with van der Waals surface area (Å²) in [5, 5.41) is 28.2. The zero-order valence-corrected chi connectivity index (χ0v) is 18.5. The third-order valence-electron chi connectivity index (χ3n) is 5.73. The minimum Gasteiger partial charge on any atom is -0.486 e. The van der Waals surface area contributed by atoms with E-state index in [4.69, 9.17) is 4.74 Å². The van der Waals surface area contributed by atoms with Crippen LogP contribution in [0.3, 0.4) is 0 Å². The lowest BCUT2D eigenvalue weighted by Gasteiger charge is -2.33. The number of fused-ring (bicyclic) bond motifs is 3. The minimum atomic E-state index is -6.07. The van der Waals surface area contributed by atoms with Crippen molar-refractivity contribution in [3.8, 4) is 5.75 Å². The summed E-state index contributed by atoms with van der Waals surface area (Å²) in [7, 11) is 0. The van der Waals surface area contributed by atoms with Crippen molar-refractivity contribution in [3.05, 3.63) is 52.3 Å². The average Bonchev–Trinajstić information content (AvgIpc) is 2.80. The largest absolute Gasteiger partial charge is 0.486 e. The van der Waals surface area contributed by atoms with Gasteiger partial charge in [-0.1, -0.05) is 19.4 Å². The fourth-order valence-corrected chi connectivity index (χ4v) is 3.82. The van der Waals surface area contributed by atoms with E-state index in [1.165, 1.54) is 22.8 Å². The van der Waals surface area contributed by atoms with Gasteiger partial charge in [-0.25, -0.2) is 0 Å². The first-order chi connectivity index (χ1) is 16.3. The second-order valence-corrected chi connectivity index (χ2v) is 8.06. The number of pyridine rings is 1. The van der Waals surface area contributed by atoms with Crippen molar-refractivity contribution in [2.24, 2.45) is 0 Å². The van der Waals surface area contributed by atoms with Crippen molar-refractivity contribution in [2.75, 3.05) is 13.2 Å². The molecule has 0 aliphatic carbocycles. The molecule has 0 unspecified atom stereocenters. The molecule has 0 fully saturated rings. The van der Waals surface area contributed by atoms with Gasteiger partial charge in [0.15, 0.2) is 0 Å². The Morgan fingerprint density at radius 3 is 2.09 bits per heavy atom. The lowest BCUT2D eigenvalue weighted by atomic mass is 9.90. The second-order valence-electron chi connectivity index (χ2n) is 8.06. The number of nitrogens with zero attached hydrogens (tertiary/aromatic N) is 1. The SMILES string of the molecule is CCCCn1c(=O)c2ccc(OC(CO)CO)cc2c2cc(C(O)(C(F)(F)F)C(F)(F)F)ccc21. The second kappa shape index (κ2) is 9.67. The molecule has 0 aliphatic rings. The van der Waals surface area contributed by atoms with Gasteiger partial charge in [0.1, 0.15) is 11.9 Å². The van der Waals surface area contributed by atoms with E-state index in [-0.39, 0.29) is 34.0 Å². The number of halogens is 6. The maximum absolute atomic E-state index is 13.5. The Hall–Kier alpha value is -2.83. The maximum Gasteiger partial charge on any atom is 0.430 e. The molecule has 3 rings (SSSR count). The first-order valence-corrected chi connectivity index (χ1v) is 10.6. The first-order valence-electron chi connectivity index (χ1n) is 10.6. The van der Waals surface area contributed by atoms with Crippen LogP contribution in [0.2, 0.25) is 0 Å². The molecule has 0 saturated carbocycles. The van der Waals surface area contributed by atoms with Crippen LogP contribution in [0.4, 0.5) is 26.3 Å². The predicted molar refractivity (Wildman–Crippen MR) is 115 cm³/mol. The fraction of sp³-hybridized carbons (Fsp3) is 0.435. The van der Waals surface area contributed by atoms with Gasteiger partial charge in [0, 0.05) is 28.3 Å². The van der Waals surface area contributed by atoms with Crippen LogP contribution in [0.5, 0.6) is 5.75 Å². The third-order valence-corrected chi connectivity index (χ3v) is 5.73. The van der Waals surface area contributed by atoms with Crippen molar-refractivity contribution in [1.29, 1.82) is 0 Å². The Morgan fingerprint density at radius 1 is 0.914 bits per heavy atom. The molecule has 35 heavy (non-hydrogen) atoms. The molecular formula is C23H23F6NO5. The van der Waals surface area contributed by atoms with Crippen LogP contribution in [0, 0.1) is 0 Å². The molecule has 12 heteroatoms. The van der Waals surface area contributed by atoms with Gasteiger partial charge in [0.2, 0.25) is 0 Å². The van der Waals surface area contributed by atoms with E-state index in [1.807, 2.05) is 6.92 Å². The maximum atomic E-state index is 13.5. The number of alkyl halides is 6. The van der Waals surface area contributed by atoms with Crippen molar-refractivity contribution in [2.45, 2.75) is 50.4 Å². The number of aliphatic hydroxyl groups excluding tert-OH is 2. The molecule has 0 spiro atoms. The highest BCUT2D eigenvalue weighted by molar-refractivity contribution is 6.06. The molecule has 0 aliphatic heterocycles. The Morgan fingerprint density at radius 2 is 1.54 bits per heavy atom. The summed E-state index contributed by atoms with van der Waals surface area (Å²) < 4.78 is 87.7. The highest BCUT2D eigenvalue weighted by Gasteiger charge is 2.71. The molecule has 3 aromatic rings. The van der Waals surface area contributed by atoms with E-state index in [1.54, 1.807) is 0 Å². The molecule has 0 atom stereocenters. The van der Waals surface area contributed by atoms with Crippen molar-refractivity contribution in [1.82, 2.24) is 4.57 Å². The topological polar surface area (TPSA) is 91.9 Å². The predicted octanol–water partition coefficient (Wildman–Crippen LogP) is 4.00. The number of aliphatic hydroxyl groups is 3. The number of aryl methyl sites for hydroxylation is 1. The Kier molecular flexibility index (Phi) is 7.39. The van der Waals surface area contributed by atoms with Crippen LogP contribution in [0.15, 0.2) is 41.2 Å². The number of aromatic nitrogens is 1. The van der Waals surface area contributed by atoms with Gasteiger partial charge in [-0.3, -0.25) is 4.79 Å². The Balaban J connectivity index is 2.40. The summed E-state index contributed by atoms with van der Waals surface area (Å²) in [5.74, 6) is 0.0184. The number of unbranched alkanes of at least 4 members (excludes halogenated alkanes) is 1. The van der Waals surface area contributed by atoms with E-state index < -0.39 is 48.4 Å². The van der Waals surface area contributed by atoms with E-state index in [9.17, 15) is 46.5 Å². The van der Waals surface area contributed by atoms with E-state index in [2.05, 4.69) is 0 Å². The van der Waals surface area contributed by atoms with Crippen LogP contribution < -0.4 is 10.3 Å². The first kappa shape index (κ1) is 26.8. The number of benzene rings is 2. The summed E-state index contributed by atoms with van der Waals surface area (Å²) in [4.78, 5) is 13.1. The van der Waals surface area contributed by atoms with Gasteiger partial charge < -0.3 is 24.6 Å². The number of ether oxygens (including phenoxy) is 1. The van der Waals surface area contributed by atoms with E-state index >= 15 is 0 Å². The average molecular weight is 507 g/mol. The molecule has 6 nitrogen and oxygen atoms in total. The molecule has 0 saturated heterocycles. The van der Waals surface area contributed by atoms with Crippen LogP contribution in [-0.2, 0) is 12.1 Å². The molecule has 0 amide bonds. The van der Waals surface area contributed by atoms with Crippen LogP contribution in [-0.4, -0.2) is 51.6 Å². The van der Waals surface area contributed by atoms with Crippen molar-refractivity contribution in [3.63, 3.8) is 0 Å². The molecule has 2 aromatic carbocycles. The van der Waals surface area contributed by atoms with Crippen LogP contribution in [0.1, 0.15) is 25.3 Å². The summed E-state index contributed by atoms with van der Waals surface area (Å²) >= 11 is 0. The smallest absolute Gasteiger partial charge is 0.430 e. The lowest BCUT2D eigenvalue weighted by molar-refractivity contribution is -0.376. The monoisotopic (exact) mass is 507 g/mol. The Labute approximate surface area is 195 Å². The van der Waals surface area contributed by atoms with Crippen molar-refractivity contribution >= 4 is 21.7 Å². The summed E-state index contributed by atoms with van der Waals surface area (Å²) in [5.41, 5.74) is -7.04. The van der Waals surface area contributed by atoms with E-state index in [0.717, 1.165) is 6.07 Å². The minimum absolute atomic E-state index is 0.00482. The quantitative estimate of drug-likeness (QED) is 0.317. The molecule has 0 bridgehead atoms. The Bertz CT molecular complexity index is 1250. The van der Waals surface area contributed by atoms with E-state index in [0.29, 0.717) is 25.0 Å². The highest BCUT2D eigenvalue weighted by atomic mass is 19.4. The summed E-state index contributed by atoms with van der Waals surface area (Å²) in [6.45, 7) is 0.880. The van der Waals surface area contributed by atoms with Crippen LogP contribution >= 0.6 is 0 Å². The van der Waals surface area contributed by atoms with Gasteiger partial charge in [0.25, 0.3) is 11.2 Å². The van der Waals surface area contributed by atoms with Crippen LogP contribution in [0.25, 0.3) is 21.7 Å². The molecular weight excluding hydrogens is 484 g/mol. The van der Waals surface area contributed by atoms with Gasteiger partial charge in [0.05, 0.1) is 18.7 Å². The molecule has 192 valence electrons. The fourth-order valence-electron chi connectivity index (χ4n) is 3.82. The van der Waals surface area contributed by atoms with Gasteiger partial charge in [-0.2, -0.15) is 26.3 Å². The summed E-state index contributed by atoms with van der Waals surface area (Å²) in [6.07, 6.45) is -12.0. The van der Waals surface area contributed by atoms with Gasteiger partial charge >= 0.3 is 12.4 Å². The standard InChI is InChI=1S/C23H23F6NO5/c1-2-3-8-30-19-7-4-13(21(34,22(24,25)26)23(27,28)29)9-18(19)17-10-14(35-15(11-31)12-32)5-6-16(17)20(30)33/h4-7,9-10,15,31-32,34H,2-3,8,11-12H2,1H3.